The van der Waals surface area contributed by atoms with Gasteiger partial charge in [-0.25, -0.2) is 17.9 Å². The van der Waals surface area contributed by atoms with Crippen LogP contribution in [0.2, 0.25) is 5.02 Å². The van der Waals surface area contributed by atoms with Gasteiger partial charge < -0.3 is 5.32 Å². The second-order valence-corrected chi connectivity index (χ2v) is 6.61. The summed E-state index contributed by atoms with van der Waals surface area (Å²) in [5.74, 6) is -0.436. The standard InChI is InChI=1S/C14H14ClFN2O2S/c1-9(18-14-8-11(15)5-6-13(14)16)10-3-2-4-12(7-10)21(17,19)20/h2-9,18H,1H3,(H2,17,19,20). The molecule has 2 rings (SSSR count). The monoisotopic (exact) mass is 328 g/mol. The van der Waals surface area contributed by atoms with Crippen molar-refractivity contribution in [1.29, 1.82) is 0 Å². The van der Waals surface area contributed by atoms with Gasteiger partial charge in [-0.3, -0.25) is 0 Å². The number of nitrogens with two attached hydrogens (primary N) is 1. The van der Waals surface area contributed by atoms with E-state index in [1.807, 2.05) is 0 Å². The number of hydrogen-bond acceptors (Lipinski definition) is 3. The SMILES string of the molecule is CC(Nc1cc(Cl)ccc1F)c1cccc(S(N)(=O)=O)c1. The lowest BCUT2D eigenvalue weighted by Gasteiger charge is -2.17. The van der Waals surface area contributed by atoms with E-state index < -0.39 is 15.8 Å². The number of anilines is 1. The number of benzene rings is 2. The molecule has 0 aliphatic rings. The van der Waals surface area contributed by atoms with Crippen LogP contribution in [0.25, 0.3) is 0 Å². The summed E-state index contributed by atoms with van der Waals surface area (Å²) in [6.07, 6.45) is 0. The van der Waals surface area contributed by atoms with E-state index in [2.05, 4.69) is 5.32 Å². The van der Waals surface area contributed by atoms with E-state index >= 15 is 0 Å². The van der Waals surface area contributed by atoms with Gasteiger partial charge in [0.1, 0.15) is 5.82 Å². The minimum Gasteiger partial charge on any atom is -0.376 e. The molecule has 0 saturated carbocycles. The van der Waals surface area contributed by atoms with Crippen LogP contribution in [-0.2, 0) is 10.0 Å². The minimum absolute atomic E-state index is 0.0141. The Kier molecular flexibility index (Phi) is 4.51. The maximum Gasteiger partial charge on any atom is 0.238 e. The van der Waals surface area contributed by atoms with E-state index in [0.29, 0.717) is 10.6 Å². The lowest BCUT2D eigenvalue weighted by Crippen LogP contribution is -2.14. The summed E-state index contributed by atoms with van der Waals surface area (Å²) in [6.45, 7) is 1.78. The zero-order valence-electron chi connectivity index (χ0n) is 11.2. The fourth-order valence-corrected chi connectivity index (χ4v) is 2.63. The zero-order valence-corrected chi connectivity index (χ0v) is 12.7. The highest BCUT2D eigenvalue weighted by Crippen LogP contribution is 2.25. The van der Waals surface area contributed by atoms with Crippen LogP contribution >= 0.6 is 11.6 Å². The average molecular weight is 329 g/mol. The van der Waals surface area contributed by atoms with E-state index in [9.17, 15) is 12.8 Å². The third-order valence-corrected chi connectivity index (χ3v) is 4.13. The Balaban J connectivity index is 2.28. The van der Waals surface area contributed by atoms with Crippen LogP contribution in [-0.4, -0.2) is 8.42 Å². The van der Waals surface area contributed by atoms with Crippen molar-refractivity contribution in [3.05, 3.63) is 58.9 Å². The van der Waals surface area contributed by atoms with Crippen LogP contribution in [0.4, 0.5) is 10.1 Å². The van der Waals surface area contributed by atoms with Crippen molar-refractivity contribution in [2.45, 2.75) is 17.9 Å². The smallest absolute Gasteiger partial charge is 0.238 e. The van der Waals surface area contributed by atoms with Crippen LogP contribution in [0, 0.1) is 5.82 Å². The third-order valence-electron chi connectivity index (χ3n) is 2.99. The average Bonchev–Trinajstić information content (AvgIpc) is 2.42. The van der Waals surface area contributed by atoms with Crippen molar-refractivity contribution < 1.29 is 12.8 Å². The number of sulfonamides is 1. The summed E-state index contributed by atoms with van der Waals surface area (Å²) in [6, 6.07) is 10.0. The first-order chi connectivity index (χ1) is 9.77. The van der Waals surface area contributed by atoms with Gasteiger partial charge >= 0.3 is 0 Å². The van der Waals surface area contributed by atoms with Gasteiger partial charge in [-0.15, -0.1) is 0 Å². The number of halogens is 2. The second-order valence-electron chi connectivity index (χ2n) is 4.61. The first kappa shape index (κ1) is 15.8. The maximum atomic E-state index is 13.7. The molecule has 21 heavy (non-hydrogen) atoms. The molecule has 0 fully saturated rings. The van der Waals surface area contributed by atoms with E-state index in [1.165, 1.54) is 30.3 Å². The first-order valence-electron chi connectivity index (χ1n) is 6.12. The first-order valence-corrected chi connectivity index (χ1v) is 8.04. The minimum atomic E-state index is -3.77. The highest BCUT2D eigenvalue weighted by atomic mass is 35.5. The lowest BCUT2D eigenvalue weighted by molar-refractivity contribution is 0.597. The van der Waals surface area contributed by atoms with Gasteiger partial charge in [0.25, 0.3) is 0 Å². The van der Waals surface area contributed by atoms with Crippen LogP contribution < -0.4 is 10.5 Å². The van der Waals surface area contributed by atoms with E-state index in [1.54, 1.807) is 19.1 Å². The molecule has 0 aliphatic carbocycles. The molecule has 1 atom stereocenters. The highest BCUT2D eigenvalue weighted by Gasteiger charge is 2.13. The van der Waals surface area contributed by atoms with E-state index in [0.717, 1.165) is 0 Å². The zero-order chi connectivity index (χ0) is 15.6. The summed E-state index contributed by atoms with van der Waals surface area (Å²) in [5, 5.41) is 8.45. The Labute approximate surface area is 127 Å². The number of rotatable bonds is 4. The molecule has 0 radical (unpaired) electrons. The van der Waals surface area contributed by atoms with Crippen molar-refractivity contribution in [3.63, 3.8) is 0 Å². The predicted octanol–water partition coefficient (Wildman–Crippen LogP) is 3.30. The Morgan fingerprint density at radius 1 is 1.24 bits per heavy atom. The van der Waals surface area contributed by atoms with Crippen molar-refractivity contribution in [3.8, 4) is 0 Å². The van der Waals surface area contributed by atoms with Gasteiger partial charge in [-0.1, -0.05) is 23.7 Å². The van der Waals surface area contributed by atoms with Crippen LogP contribution in [0.15, 0.2) is 47.4 Å². The van der Waals surface area contributed by atoms with Crippen molar-refractivity contribution in [2.75, 3.05) is 5.32 Å². The molecule has 0 saturated heterocycles. The molecule has 2 aromatic rings. The fourth-order valence-electron chi connectivity index (χ4n) is 1.89. The molecule has 112 valence electrons. The third kappa shape index (κ3) is 3.93. The molecule has 0 heterocycles. The van der Waals surface area contributed by atoms with Crippen molar-refractivity contribution >= 4 is 27.3 Å². The fraction of sp³-hybridized carbons (Fsp3) is 0.143. The molecule has 3 N–H and O–H groups in total. The molecule has 0 spiro atoms. The summed E-state index contributed by atoms with van der Waals surface area (Å²) >= 11 is 5.83. The summed E-state index contributed by atoms with van der Waals surface area (Å²) in [7, 11) is -3.77. The second kappa shape index (κ2) is 6.01. The predicted molar refractivity (Wildman–Crippen MR) is 81.3 cm³/mol. The highest BCUT2D eigenvalue weighted by molar-refractivity contribution is 7.89. The molecule has 0 aliphatic heterocycles. The van der Waals surface area contributed by atoms with Crippen molar-refractivity contribution in [2.24, 2.45) is 5.14 Å². The molecular weight excluding hydrogens is 315 g/mol. The largest absolute Gasteiger partial charge is 0.376 e. The number of nitrogens with one attached hydrogen (secondary N) is 1. The Morgan fingerprint density at radius 3 is 2.62 bits per heavy atom. The van der Waals surface area contributed by atoms with E-state index in [-0.39, 0.29) is 16.6 Å². The molecule has 0 bridgehead atoms. The molecule has 0 aromatic heterocycles. The quantitative estimate of drug-likeness (QED) is 0.904. The molecule has 0 amide bonds. The summed E-state index contributed by atoms with van der Waals surface area (Å²) in [4.78, 5) is 0.0141. The molecule has 7 heteroatoms. The van der Waals surface area contributed by atoms with Crippen LogP contribution in [0.3, 0.4) is 0 Å². The van der Waals surface area contributed by atoms with Gasteiger partial charge in [-0.2, -0.15) is 0 Å². The van der Waals surface area contributed by atoms with Gasteiger partial charge in [0.2, 0.25) is 10.0 Å². The van der Waals surface area contributed by atoms with Gasteiger partial charge in [-0.05, 0) is 42.8 Å². The lowest BCUT2D eigenvalue weighted by atomic mass is 10.1. The van der Waals surface area contributed by atoms with Crippen molar-refractivity contribution in [1.82, 2.24) is 0 Å². The van der Waals surface area contributed by atoms with Gasteiger partial charge in [0, 0.05) is 11.1 Å². The van der Waals surface area contributed by atoms with Crippen LogP contribution in [0.5, 0.6) is 0 Å². The Bertz CT molecular complexity index is 765. The van der Waals surface area contributed by atoms with Gasteiger partial charge in [0.05, 0.1) is 10.6 Å². The normalized spacial score (nSPS) is 13.0. The number of primary sulfonamides is 1. The van der Waals surface area contributed by atoms with E-state index in [4.69, 9.17) is 16.7 Å². The Morgan fingerprint density at radius 2 is 1.95 bits per heavy atom. The van der Waals surface area contributed by atoms with Gasteiger partial charge in [0.15, 0.2) is 0 Å². The van der Waals surface area contributed by atoms with Crippen LogP contribution in [0.1, 0.15) is 18.5 Å². The summed E-state index contributed by atoms with van der Waals surface area (Å²) in [5.41, 5.74) is 0.914. The molecule has 1 unspecified atom stereocenters. The molecule has 4 nitrogen and oxygen atoms in total. The molecule has 2 aromatic carbocycles. The summed E-state index contributed by atoms with van der Waals surface area (Å²) < 4.78 is 36.4. The molecular formula is C14H14ClFN2O2S. The topological polar surface area (TPSA) is 72.2 Å². The number of hydrogen-bond donors (Lipinski definition) is 2. The Hall–Kier alpha value is -1.63. The maximum absolute atomic E-state index is 13.7.